The number of hydrogen-bond acceptors (Lipinski definition) is 3. The lowest BCUT2D eigenvalue weighted by atomic mass is 10.1. The molecule has 1 fully saturated rings. The molecule has 1 aliphatic heterocycles. The number of rotatable bonds is 4. The smallest absolute Gasteiger partial charge is 0.154 e. The molecule has 1 atom stereocenters. The second-order valence-corrected chi connectivity index (χ2v) is 6.25. The standard InChI is InChI=1S/C16H19BrN2O/c1-2-14-10-16(20-18-14)15-7-4-8-19(15)11-12-5-3-6-13(17)9-12/h3,5-6,9-10,15H,2,4,7-8,11H2,1H3/t15-/m1/s1. The molecule has 4 heteroatoms. The van der Waals surface area contributed by atoms with E-state index in [4.69, 9.17) is 4.52 Å². The van der Waals surface area contributed by atoms with E-state index in [2.05, 4.69) is 63.2 Å². The van der Waals surface area contributed by atoms with E-state index < -0.39 is 0 Å². The molecule has 0 bridgehead atoms. The Morgan fingerprint density at radius 2 is 2.30 bits per heavy atom. The maximum absolute atomic E-state index is 5.53. The number of nitrogens with zero attached hydrogens (tertiary/aromatic N) is 2. The lowest BCUT2D eigenvalue weighted by Gasteiger charge is -2.22. The highest BCUT2D eigenvalue weighted by molar-refractivity contribution is 9.10. The summed E-state index contributed by atoms with van der Waals surface area (Å²) >= 11 is 3.54. The van der Waals surface area contributed by atoms with Crippen LogP contribution in [-0.2, 0) is 13.0 Å². The van der Waals surface area contributed by atoms with Gasteiger partial charge in [0.25, 0.3) is 0 Å². The van der Waals surface area contributed by atoms with Gasteiger partial charge in [-0.05, 0) is 43.5 Å². The minimum atomic E-state index is 0.377. The Bertz CT molecular complexity index is 581. The zero-order valence-electron chi connectivity index (χ0n) is 11.7. The van der Waals surface area contributed by atoms with Crippen molar-refractivity contribution in [2.45, 2.75) is 38.8 Å². The van der Waals surface area contributed by atoms with Crippen molar-refractivity contribution in [1.82, 2.24) is 10.1 Å². The molecule has 1 saturated heterocycles. The van der Waals surface area contributed by atoms with Crippen LogP contribution in [0.25, 0.3) is 0 Å². The molecule has 1 aromatic carbocycles. The summed E-state index contributed by atoms with van der Waals surface area (Å²) < 4.78 is 6.67. The molecule has 0 spiro atoms. The van der Waals surface area contributed by atoms with Crippen LogP contribution >= 0.6 is 15.9 Å². The third-order valence-corrected chi connectivity index (χ3v) is 4.40. The van der Waals surface area contributed by atoms with Gasteiger partial charge in [-0.3, -0.25) is 4.90 Å². The summed E-state index contributed by atoms with van der Waals surface area (Å²) in [5.41, 5.74) is 2.39. The van der Waals surface area contributed by atoms with E-state index >= 15 is 0 Å². The van der Waals surface area contributed by atoms with Gasteiger partial charge in [-0.1, -0.05) is 40.1 Å². The maximum Gasteiger partial charge on any atom is 0.154 e. The van der Waals surface area contributed by atoms with Crippen molar-refractivity contribution in [2.24, 2.45) is 0 Å². The van der Waals surface area contributed by atoms with E-state index in [-0.39, 0.29) is 0 Å². The quantitative estimate of drug-likeness (QED) is 0.832. The van der Waals surface area contributed by atoms with E-state index in [1.807, 2.05) is 0 Å². The molecule has 2 heterocycles. The molecule has 2 aromatic rings. The number of aryl methyl sites for hydroxylation is 1. The van der Waals surface area contributed by atoms with Crippen molar-refractivity contribution in [3.8, 4) is 0 Å². The number of hydrogen-bond donors (Lipinski definition) is 0. The SMILES string of the molecule is CCc1cc([C@H]2CCCN2Cc2cccc(Br)c2)on1. The zero-order valence-corrected chi connectivity index (χ0v) is 13.3. The van der Waals surface area contributed by atoms with Crippen molar-refractivity contribution in [1.29, 1.82) is 0 Å². The average molecular weight is 335 g/mol. The Morgan fingerprint density at radius 1 is 1.40 bits per heavy atom. The lowest BCUT2D eigenvalue weighted by molar-refractivity contribution is 0.206. The number of benzene rings is 1. The molecule has 3 rings (SSSR count). The predicted molar refractivity (Wildman–Crippen MR) is 82.4 cm³/mol. The largest absolute Gasteiger partial charge is 0.359 e. The van der Waals surface area contributed by atoms with Crippen LogP contribution < -0.4 is 0 Å². The van der Waals surface area contributed by atoms with E-state index in [0.29, 0.717) is 6.04 Å². The average Bonchev–Trinajstić information content (AvgIpc) is 3.06. The molecule has 0 unspecified atom stereocenters. The predicted octanol–water partition coefficient (Wildman–Crippen LogP) is 4.34. The van der Waals surface area contributed by atoms with Crippen LogP contribution in [0.2, 0.25) is 0 Å². The first kappa shape index (κ1) is 13.8. The van der Waals surface area contributed by atoms with Crippen LogP contribution in [0.1, 0.15) is 42.8 Å². The summed E-state index contributed by atoms with van der Waals surface area (Å²) in [4.78, 5) is 2.49. The van der Waals surface area contributed by atoms with Crippen LogP contribution in [0.4, 0.5) is 0 Å². The lowest BCUT2D eigenvalue weighted by Crippen LogP contribution is -2.22. The number of aromatic nitrogens is 1. The first-order valence-corrected chi connectivity index (χ1v) is 7.99. The van der Waals surface area contributed by atoms with E-state index in [9.17, 15) is 0 Å². The van der Waals surface area contributed by atoms with Crippen molar-refractivity contribution in [2.75, 3.05) is 6.54 Å². The van der Waals surface area contributed by atoms with Crippen LogP contribution in [-0.4, -0.2) is 16.6 Å². The molecule has 106 valence electrons. The molecule has 1 aromatic heterocycles. The topological polar surface area (TPSA) is 29.3 Å². The van der Waals surface area contributed by atoms with Gasteiger partial charge < -0.3 is 4.52 Å². The van der Waals surface area contributed by atoms with Gasteiger partial charge >= 0.3 is 0 Å². The van der Waals surface area contributed by atoms with Crippen molar-refractivity contribution >= 4 is 15.9 Å². The molecule has 20 heavy (non-hydrogen) atoms. The molecular weight excluding hydrogens is 316 g/mol. The fraction of sp³-hybridized carbons (Fsp3) is 0.438. The summed E-state index contributed by atoms with van der Waals surface area (Å²) in [6, 6.07) is 11.0. The van der Waals surface area contributed by atoms with Gasteiger partial charge in [-0.2, -0.15) is 0 Å². The first-order chi connectivity index (χ1) is 9.76. The van der Waals surface area contributed by atoms with Crippen LogP contribution in [0, 0.1) is 0 Å². The fourth-order valence-corrected chi connectivity index (χ4v) is 3.31. The Kier molecular flexibility index (Phi) is 4.22. The molecule has 0 N–H and O–H groups in total. The van der Waals surface area contributed by atoms with Crippen molar-refractivity contribution in [3.05, 3.63) is 51.8 Å². The van der Waals surface area contributed by atoms with E-state index in [0.717, 1.165) is 41.9 Å². The number of halogens is 1. The second kappa shape index (κ2) is 6.10. The Hall–Kier alpha value is -1.13. The van der Waals surface area contributed by atoms with Gasteiger partial charge in [0, 0.05) is 17.1 Å². The van der Waals surface area contributed by atoms with Gasteiger partial charge in [0.05, 0.1) is 11.7 Å². The fourth-order valence-electron chi connectivity index (χ4n) is 2.86. The van der Waals surface area contributed by atoms with Crippen LogP contribution in [0.3, 0.4) is 0 Å². The molecule has 0 radical (unpaired) electrons. The highest BCUT2D eigenvalue weighted by atomic mass is 79.9. The van der Waals surface area contributed by atoms with Gasteiger partial charge in [-0.25, -0.2) is 0 Å². The normalized spacial score (nSPS) is 19.6. The molecule has 0 saturated carbocycles. The Labute approximate surface area is 128 Å². The summed E-state index contributed by atoms with van der Waals surface area (Å²) in [6.45, 7) is 4.20. The van der Waals surface area contributed by atoms with Crippen LogP contribution in [0.5, 0.6) is 0 Å². The summed E-state index contributed by atoms with van der Waals surface area (Å²) in [5, 5.41) is 4.13. The highest BCUT2D eigenvalue weighted by Crippen LogP contribution is 2.33. The molecular formula is C16H19BrN2O. The van der Waals surface area contributed by atoms with Gasteiger partial charge in [0.15, 0.2) is 5.76 Å². The minimum Gasteiger partial charge on any atom is -0.359 e. The van der Waals surface area contributed by atoms with Crippen LogP contribution in [0.15, 0.2) is 39.3 Å². The minimum absolute atomic E-state index is 0.377. The van der Waals surface area contributed by atoms with E-state index in [1.165, 1.54) is 12.0 Å². The Morgan fingerprint density at radius 3 is 3.05 bits per heavy atom. The zero-order chi connectivity index (χ0) is 13.9. The van der Waals surface area contributed by atoms with Gasteiger partial charge in [0.2, 0.25) is 0 Å². The first-order valence-electron chi connectivity index (χ1n) is 7.20. The molecule has 0 aliphatic carbocycles. The number of likely N-dealkylation sites (tertiary alicyclic amines) is 1. The van der Waals surface area contributed by atoms with Crippen molar-refractivity contribution in [3.63, 3.8) is 0 Å². The second-order valence-electron chi connectivity index (χ2n) is 5.33. The molecule has 3 nitrogen and oxygen atoms in total. The Balaban J connectivity index is 1.75. The maximum atomic E-state index is 5.53. The van der Waals surface area contributed by atoms with Gasteiger partial charge in [0.1, 0.15) is 0 Å². The van der Waals surface area contributed by atoms with E-state index in [1.54, 1.807) is 0 Å². The highest BCUT2D eigenvalue weighted by Gasteiger charge is 2.29. The third kappa shape index (κ3) is 2.96. The van der Waals surface area contributed by atoms with Gasteiger partial charge in [-0.15, -0.1) is 0 Å². The summed E-state index contributed by atoms with van der Waals surface area (Å²) in [6.07, 6.45) is 3.31. The monoisotopic (exact) mass is 334 g/mol. The molecule has 1 aliphatic rings. The summed E-state index contributed by atoms with van der Waals surface area (Å²) in [5.74, 6) is 1.02. The van der Waals surface area contributed by atoms with Crippen molar-refractivity contribution < 1.29 is 4.52 Å². The summed E-state index contributed by atoms with van der Waals surface area (Å²) in [7, 11) is 0. The molecule has 0 amide bonds. The third-order valence-electron chi connectivity index (χ3n) is 3.91.